The van der Waals surface area contributed by atoms with Crippen molar-refractivity contribution in [3.8, 4) is 11.5 Å². The largest absolute Gasteiger partial charge is 0.495 e. The van der Waals surface area contributed by atoms with Gasteiger partial charge in [0.15, 0.2) is 0 Å². The van der Waals surface area contributed by atoms with Crippen molar-refractivity contribution in [2.45, 2.75) is 13.0 Å². The lowest BCUT2D eigenvalue weighted by atomic mass is 10.1. The van der Waals surface area contributed by atoms with Crippen molar-refractivity contribution >= 4 is 27.5 Å². The molecule has 1 N–H and O–H groups in total. The maximum atomic E-state index is 12.5. The molecule has 8 heteroatoms. The Labute approximate surface area is 153 Å². The van der Waals surface area contributed by atoms with E-state index in [1.165, 1.54) is 26.4 Å². The van der Waals surface area contributed by atoms with E-state index in [0.717, 1.165) is 0 Å². The minimum atomic E-state index is -0.470. The zero-order valence-corrected chi connectivity index (χ0v) is 15.5. The number of benzene rings is 2. The molecule has 1 unspecified atom stereocenters. The molecule has 0 aliphatic heterocycles. The highest BCUT2D eigenvalue weighted by molar-refractivity contribution is 9.10. The monoisotopic (exact) mass is 408 g/mol. The number of halogens is 1. The second-order valence-electron chi connectivity index (χ2n) is 5.24. The molecule has 0 radical (unpaired) electrons. The first-order valence-electron chi connectivity index (χ1n) is 7.34. The van der Waals surface area contributed by atoms with E-state index in [1.807, 2.05) is 0 Å². The Balaban J connectivity index is 2.24. The maximum Gasteiger partial charge on any atom is 0.269 e. The average molecular weight is 409 g/mol. The van der Waals surface area contributed by atoms with E-state index in [0.29, 0.717) is 27.1 Å². The Hall–Kier alpha value is -2.61. The molecular formula is C17H17BrN2O5. The highest BCUT2D eigenvalue weighted by Crippen LogP contribution is 2.35. The normalized spacial score (nSPS) is 11.5. The lowest BCUT2D eigenvalue weighted by Crippen LogP contribution is -2.26. The van der Waals surface area contributed by atoms with Crippen LogP contribution >= 0.6 is 15.9 Å². The molecule has 2 aromatic carbocycles. The Kier molecular flexibility index (Phi) is 5.97. The van der Waals surface area contributed by atoms with Crippen molar-refractivity contribution in [3.05, 3.63) is 62.1 Å². The molecule has 0 aromatic heterocycles. The fourth-order valence-electron chi connectivity index (χ4n) is 2.27. The van der Waals surface area contributed by atoms with E-state index in [4.69, 9.17) is 9.47 Å². The second kappa shape index (κ2) is 7.98. The third kappa shape index (κ3) is 4.27. The Bertz CT molecular complexity index is 784. The lowest BCUT2D eigenvalue weighted by molar-refractivity contribution is -0.384. The standard InChI is InChI=1S/C17H17BrN2O5/c1-10(11-5-4-6-13(7-11)20(22)23)19-17(21)12-8-14(24-2)16(18)15(9-12)25-3/h4-10H,1-3H3,(H,19,21). The van der Waals surface area contributed by atoms with Gasteiger partial charge in [-0.2, -0.15) is 0 Å². The van der Waals surface area contributed by atoms with Gasteiger partial charge in [0.2, 0.25) is 0 Å². The minimum Gasteiger partial charge on any atom is -0.495 e. The molecule has 2 rings (SSSR count). The summed E-state index contributed by atoms with van der Waals surface area (Å²) in [5.74, 6) is 0.586. The van der Waals surface area contributed by atoms with Gasteiger partial charge in [0.05, 0.1) is 25.2 Å². The molecular weight excluding hydrogens is 392 g/mol. The van der Waals surface area contributed by atoms with Crippen LogP contribution in [0.3, 0.4) is 0 Å². The van der Waals surface area contributed by atoms with Crippen LogP contribution in [0, 0.1) is 10.1 Å². The number of carbonyl (C=O) groups excluding carboxylic acids is 1. The molecule has 25 heavy (non-hydrogen) atoms. The molecule has 1 amide bonds. The number of nitro groups is 1. The zero-order chi connectivity index (χ0) is 18.6. The van der Waals surface area contributed by atoms with Crippen molar-refractivity contribution in [2.75, 3.05) is 14.2 Å². The summed E-state index contributed by atoms with van der Waals surface area (Å²) >= 11 is 3.35. The number of nitrogens with zero attached hydrogens (tertiary/aromatic N) is 1. The third-order valence-electron chi connectivity index (χ3n) is 3.64. The average Bonchev–Trinajstić information content (AvgIpc) is 2.61. The van der Waals surface area contributed by atoms with E-state index in [-0.39, 0.29) is 11.6 Å². The van der Waals surface area contributed by atoms with Crippen molar-refractivity contribution in [2.24, 2.45) is 0 Å². The van der Waals surface area contributed by atoms with Gasteiger partial charge in [-0.1, -0.05) is 12.1 Å². The zero-order valence-electron chi connectivity index (χ0n) is 13.9. The smallest absolute Gasteiger partial charge is 0.269 e. The first-order chi connectivity index (χ1) is 11.9. The Morgan fingerprint density at radius 1 is 1.20 bits per heavy atom. The summed E-state index contributed by atoms with van der Waals surface area (Å²) in [6.07, 6.45) is 0. The van der Waals surface area contributed by atoms with Crippen LogP contribution in [0.15, 0.2) is 40.9 Å². The molecule has 7 nitrogen and oxygen atoms in total. The summed E-state index contributed by atoms with van der Waals surface area (Å²) in [4.78, 5) is 22.9. The SMILES string of the molecule is COc1cc(C(=O)NC(C)c2cccc([N+](=O)[O-])c2)cc(OC)c1Br. The van der Waals surface area contributed by atoms with E-state index < -0.39 is 11.0 Å². The molecule has 0 aliphatic carbocycles. The van der Waals surface area contributed by atoms with Crippen LogP contribution in [0.25, 0.3) is 0 Å². The van der Waals surface area contributed by atoms with Crippen LogP contribution in [0.5, 0.6) is 11.5 Å². The number of hydrogen-bond donors (Lipinski definition) is 1. The number of nitro benzene ring substituents is 1. The predicted octanol–water partition coefficient (Wildman–Crippen LogP) is 3.87. The molecule has 2 aromatic rings. The minimum absolute atomic E-state index is 0.0226. The molecule has 1 atom stereocenters. The molecule has 0 saturated carbocycles. The Morgan fingerprint density at radius 2 is 1.80 bits per heavy atom. The topological polar surface area (TPSA) is 90.7 Å². The van der Waals surface area contributed by atoms with Gasteiger partial charge >= 0.3 is 0 Å². The van der Waals surface area contributed by atoms with E-state index in [9.17, 15) is 14.9 Å². The lowest BCUT2D eigenvalue weighted by Gasteiger charge is -2.16. The van der Waals surface area contributed by atoms with Gasteiger partial charge in [0, 0.05) is 17.7 Å². The van der Waals surface area contributed by atoms with Crippen LogP contribution in [0.1, 0.15) is 28.9 Å². The van der Waals surface area contributed by atoms with Crippen LogP contribution < -0.4 is 14.8 Å². The first kappa shape index (κ1) is 18.7. The fraction of sp³-hybridized carbons (Fsp3) is 0.235. The van der Waals surface area contributed by atoms with Crippen LogP contribution in [0.2, 0.25) is 0 Å². The van der Waals surface area contributed by atoms with Gasteiger partial charge in [0.1, 0.15) is 16.0 Å². The molecule has 132 valence electrons. The number of carbonyl (C=O) groups is 1. The number of hydrogen-bond acceptors (Lipinski definition) is 5. The molecule has 0 aliphatic rings. The van der Waals surface area contributed by atoms with Crippen molar-refractivity contribution in [1.29, 1.82) is 0 Å². The van der Waals surface area contributed by atoms with Crippen molar-refractivity contribution < 1.29 is 19.2 Å². The van der Waals surface area contributed by atoms with Gasteiger partial charge in [-0.05, 0) is 40.5 Å². The number of amides is 1. The molecule has 0 spiro atoms. The van der Waals surface area contributed by atoms with Crippen molar-refractivity contribution in [3.63, 3.8) is 0 Å². The summed E-state index contributed by atoms with van der Waals surface area (Å²) < 4.78 is 11.1. The molecule has 0 fully saturated rings. The van der Waals surface area contributed by atoms with Crippen molar-refractivity contribution in [1.82, 2.24) is 5.32 Å². The first-order valence-corrected chi connectivity index (χ1v) is 8.13. The quantitative estimate of drug-likeness (QED) is 0.578. The van der Waals surface area contributed by atoms with Crippen LogP contribution in [0.4, 0.5) is 5.69 Å². The van der Waals surface area contributed by atoms with Gasteiger partial charge in [0.25, 0.3) is 11.6 Å². The third-order valence-corrected chi connectivity index (χ3v) is 4.42. The molecule has 0 bridgehead atoms. The number of rotatable bonds is 6. The highest BCUT2D eigenvalue weighted by atomic mass is 79.9. The molecule has 0 heterocycles. The number of ether oxygens (including phenoxy) is 2. The van der Waals surface area contributed by atoms with Crippen LogP contribution in [-0.4, -0.2) is 25.1 Å². The van der Waals surface area contributed by atoms with E-state index >= 15 is 0 Å². The maximum absolute atomic E-state index is 12.5. The summed E-state index contributed by atoms with van der Waals surface area (Å²) in [6.45, 7) is 1.75. The summed E-state index contributed by atoms with van der Waals surface area (Å²) in [5, 5.41) is 13.7. The van der Waals surface area contributed by atoms with Gasteiger partial charge in [-0.3, -0.25) is 14.9 Å². The molecule has 0 saturated heterocycles. The number of nitrogens with one attached hydrogen (secondary N) is 1. The summed E-state index contributed by atoms with van der Waals surface area (Å²) in [6, 6.07) is 8.91. The predicted molar refractivity (Wildman–Crippen MR) is 96.2 cm³/mol. The Morgan fingerprint density at radius 3 is 2.32 bits per heavy atom. The van der Waals surface area contributed by atoms with Gasteiger partial charge < -0.3 is 14.8 Å². The number of methoxy groups -OCH3 is 2. The second-order valence-corrected chi connectivity index (χ2v) is 6.03. The number of non-ortho nitro benzene ring substituents is 1. The van der Waals surface area contributed by atoms with E-state index in [1.54, 1.807) is 31.2 Å². The highest BCUT2D eigenvalue weighted by Gasteiger charge is 2.18. The summed E-state index contributed by atoms with van der Waals surface area (Å²) in [5.41, 5.74) is 0.971. The summed E-state index contributed by atoms with van der Waals surface area (Å²) in [7, 11) is 2.99. The van der Waals surface area contributed by atoms with Gasteiger partial charge in [-0.15, -0.1) is 0 Å². The van der Waals surface area contributed by atoms with E-state index in [2.05, 4.69) is 21.2 Å². The van der Waals surface area contributed by atoms with Crippen LogP contribution in [-0.2, 0) is 0 Å². The fourth-order valence-corrected chi connectivity index (χ4v) is 2.82. The van der Waals surface area contributed by atoms with Gasteiger partial charge in [-0.25, -0.2) is 0 Å².